The molecule has 2 rings (SSSR count). The fourth-order valence-corrected chi connectivity index (χ4v) is 2.70. The molecule has 0 saturated heterocycles. The first-order valence-electron chi connectivity index (χ1n) is 8.25. The van der Waals surface area contributed by atoms with Gasteiger partial charge in [0.15, 0.2) is 0 Å². The molecule has 0 aromatic heterocycles. The summed E-state index contributed by atoms with van der Waals surface area (Å²) in [7, 11) is 1.53. The summed E-state index contributed by atoms with van der Waals surface area (Å²) in [6.07, 6.45) is 0.147. The number of hydrogen-bond donors (Lipinski definition) is 1. The summed E-state index contributed by atoms with van der Waals surface area (Å²) >= 11 is 0. The summed E-state index contributed by atoms with van der Waals surface area (Å²) < 4.78 is 0. The molecule has 0 bridgehead atoms. The zero-order chi connectivity index (χ0) is 18.6. The van der Waals surface area contributed by atoms with Crippen LogP contribution in [0, 0.1) is 0 Å². The molecule has 1 aliphatic rings. The lowest BCUT2D eigenvalue weighted by molar-refractivity contribution is -0.136. The van der Waals surface area contributed by atoms with E-state index in [1.807, 2.05) is 13.8 Å². The lowest BCUT2D eigenvalue weighted by Crippen LogP contribution is -2.45. The smallest absolute Gasteiger partial charge is 0.260 e. The Morgan fingerprint density at radius 3 is 2.60 bits per heavy atom. The minimum absolute atomic E-state index is 0.000312. The van der Waals surface area contributed by atoms with Crippen molar-refractivity contribution in [2.75, 3.05) is 20.1 Å². The Bertz CT molecular complexity index is 699. The maximum Gasteiger partial charge on any atom is 0.260 e. The Hall–Kier alpha value is -2.70. The summed E-state index contributed by atoms with van der Waals surface area (Å²) in [5, 5.41) is 2.71. The number of nitrogens with zero attached hydrogens (tertiary/aromatic N) is 2. The van der Waals surface area contributed by atoms with Gasteiger partial charge in [-0.25, -0.2) is 0 Å². The molecule has 1 heterocycles. The van der Waals surface area contributed by atoms with E-state index >= 15 is 0 Å². The van der Waals surface area contributed by atoms with Crippen molar-refractivity contribution >= 4 is 23.6 Å². The molecule has 1 N–H and O–H groups in total. The standard InChI is InChI=1S/C18H23N3O4/c1-12(2)19-15(22)11-20(3)16(23)8-9-21-17(24)10-13-6-4-5-7-14(13)18(21)25/h4-7,12H,8-11H2,1-3H3,(H,19,22). The van der Waals surface area contributed by atoms with E-state index < -0.39 is 0 Å². The highest BCUT2D eigenvalue weighted by Gasteiger charge is 2.30. The van der Waals surface area contributed by atoms with Crippen LogP contribution in [0.2, 0.25) is 0 Å². The van der Waals surface area contributed by atoms with Gasteiger partial charge in [0.2, 0.25) is 17.7 Å². The molecule has 134 valence electrons. The Balaban J connectivity index is 1.92. The molecule has 0 saturated carbocycles. The lowest BCUT2D eigenvalue weighted by Gasteiger charge is -2.27. The van der Waals surface area contributed by atoms with E-state index in [-0.39, 0.29) is 55.6 Å². The van der Waals surface area contributed by atoms with E-state index in [9.17, 15) is 19.2 Å². The summed E-state index contributed by atoms with van der Waals surface area (Å²) in [6, 6.07) is 6.97. The van der Waals surface area contributed by atoms with Gasteiger partial charge in [-0.05, 0) is 25.5 Å². The molecule has 7 heteroatoms. The molecule has 1 aromatic rings. The van der Waals surface area contributed by atoms with Gasteiger partial charge in [-0.15, -0.1) is 0 Å². The molecule has 7 nitrogen and oxygen atoms in total. The number of hydrogen-bond acceptors (Lipinski definition) is 4. The van der Waals surface area contributed by atoms with Gasteiger partial charge >= 0.3 is 0 Å². The number of nitrogens with one attached hydrogen (secondary N) is 1. The van der Waals surface area contributed by atoms with Gasteiger partial charge in [0.25, 0.3) is 5.91 Å². The predicted octanol–water partition coefficient (Wildman–Crippen LogP) is 0.585. The third-order valence-corrected chi connectivity index (χ3v) is 3.94. The first-order valence-corrected chi connectivity index (χ1v) is 8.25. The second kappa shape index (κ2) is 7.92. The second-order valence-corrected chi connectivity index (χ2v) is 6.41. The molecule has 0 fully saturated rings. The molecule has 0 radical (unpaired) electrons. The monoisotopic (exact) mass is 345 g/mol. The fraction of sp³-hybridized carbons (Fsp3) is 0.444. The van der Waals surface area contributed by atoms with E-state index in [1.165, 1.54) is 11.9 Å². The SMILES string of the molecule is CC(C)NC(=O)CN(C)C(=O)CCN1C(=O)Cc2ccccc2C1=O. The molecular formula is C18H23N3O4. The zero-order valence-corrected chi connectivity index (χ0v) is 14.7. The summed E-state index contributed by atoms with van der Waals surface area (Å²) in [6.45, 7) is 3.64. The number of fused-ring (bicyclic) bond motifs is 1. The third-order valence-electron chi connectivity index (χ3n) is 3.94. The molecule has 0 atom stereocenters. The van der Waals surface area contributed by atoms with E-state index in [0.717, 1.165) is 4.90 Å². The van der Waals surface area contributed by atoms with Crippen molar-refractivity contribution < 1.29 is 19.2 Å². The van der Waals surface area contributed by atoms with Crippen molar-refractivity contribution in [1.29, 1.82) is 0 Å². The number of amides is 4. The number of rotatable bonds is 6. The van der Waals surface area contributed by atoms with Crippen LogP contribution in [-0.2, 0) is 20.8 Å². The van der Waals surface area contributed by atoms with E-state index in [2.05, 4.69) is 5.32 Å². The Morgan fingerprint density at radius 2 is 1.92 bits per heavy atom. The van der Waals surface area contributed by atoms with Gasteiger partial charge in [-0.1, -0.05) is 18.2 Å². The summed E-state index contributed by atoms with van der Waals surface area (Å²) in [5.74, 6) is -1.22. The minimum Gasteiger partial charge on any atom is -0.352 e. The lowest BCUT2D eigenvalue weighted by atomic mass is 9.98. The van der Waals surface area contributed by atoms with Crippen LogP contribution < -0.4 is 5.32 Å². The maximum atomic E-state index is 12.4. The van der Waals surface area contributed by atoms with Crippen molar-refractivity contribution in [2.24, 2.45) is 0 Å². The van der Waals surface area contributed by atoms with Crippen molar-refractivity contribution in [1.82, 2.24) is 15.1 Å². The maximum absolute atomic E-state index is 12.4. The van der Waals surface area contributed by atoms with Crippen molar-refractivity contribution in [2.45, 2.75) is 32.7 Å². The van der Waals surface area contributed by atoms with Crippen molar-refractivity contribution in [3.63, 3.8) is 0 Å². The minimum atomic E-state index is -0.375. The van der Waals surface area contributed by atoms with Gasteiger partial charge < -0.3 is 10.2 Å². The van der Waals surface area contributed by atoms with Crippen LogP contribution in [0.5, 0.6) is 0 Å². The molecule has 0 unspecified atom stereocenters. The van der Waals surface area contributed by atoms with E-state index in [4.69, 9.17) is 0 Å². The second-order valence-electron chi connectivity index (χ2n) is 6.41. The van der Waals surface area contributed by atoms with E-state index in [1.54, 1.807) is 24.3 Å². The number of imide groups is 1. The first-order chi connectivity index (χ1) is 11.8. The molecule has 1 aliphatic heterocycles. The molecule has 25 heavy (non-hydrogen) atoms. The van der Waals surface area contributed by atoms with Gasteiger partial charge in [0, 0.05) is 31.6 Å². The third kappa shape index (κ3) is 4.65. The van der Waals surface area contributed by atoms with Crippen LogP contribution in [-0.4, -0.2) is 59.6 Å². The van der Waals surface area contributed by atoms with E-state index in [0.29, 0.717) is 11.1 Å². The molecular weight excluding hydrogens is 322 g/mol. The zero-order valence-electron chi connectivity index (χ0n) is 14.7. The Labute approximate surface area is 147 Å². The molecule has 0 spiro atoms. The highest BCUT2D eigenvalue weighted by molar-refractivity contribution is 6.09. The number of likely N-dealkylation sites (N-methyl/N-ethyl adjacent to an activating group) is 1. The fourth-order valence-electron chi connectivity index (χ4n) is 2.70. The normalized spacial score (nSPS) is 13.7. The van der Waals surface area contributed by atoms with Crippen LogP contribution >= 0.6 is 0 Å². The number of carbonyl (C=O) groups is 4. The van der Waals surface area contributed by atoms with Crippen molar-refractivity contribution in [3.8, 4) is 0 Å². The summed E-state index contributed by atoms with van der Waals surface area (Å²) in [4.78, 5) is 50.9. The average molecular weight is 345 g/mol. The molecule has 4 amide bonds. The highest BCUT2D eigenvalue weighted by Crippen LogP contribution is 2.19. The van der Waals surface area contributed by atoms with Crippen LogP contribution in [0.1, 0.15) is 36.2 Å². The quantitative estimate of drug-likeness (QED) is 0.764. The highest BCUT2D eigenvalue weighted by atomic mass is 16.2. The molecule has 0 aliphatic carbocycles. The van der Waals surface area contributed by atoms with Gasteiger partial charge in [0.05, 0.1) is 13.0 Å². The van der Waals surface area contributed by atoms with Gasteiger partial charge in [0.1, 0.15) is 0 Å². The van der Waals surface area contributed by atoms with Crippen LogP contribution in [0.25, 0.3) is 0 Å². The largest absolute Gasteiger partial charge is 0.352 e. The Kier molecular flexibility index (Phi) is 5.90. The van der Waals surface area contributed by atoms with Gasteiger partial charge in [-0.2, -0.15) is 0 Å². The van der Waals surface area contributed by atoms with Gasteiger partial charge in [-0.3, -0.25) is 24.1 Å². The number of benzene rings is 1. The van der Waals surface area contributed by atoms with Crippen LogP contribution in [0.3, 0.4) is 0 Å². The van der Waals surface area contributed by atoms with Crippen LogP contribution in [0.15, 0.2) is 24.3 Å². The van der Waals surface area contributed by atoms with Crippen molar-refractivity contribution in [3.05, 3.63) is 35.4 Å². The molecule has 1 aromatic carbocycles. The topological polar surface area (TPSA) is 86.8 Å². The first kappa shape index (κ1) is 18.6. The Morgan fingerprint density at radius 1 is 1.24 bits per heavy atom. The number of carbonyl (C=O) groups excluding carboxylic acids is 4. The van der Waals surface area contributed by atoms with Crippen LogP contribution in [0.4, 0.5) is 0 Å². The average Bonchev–Trinajstić information content (AvgIpc) is 2.53. The predicted molar refractivity (Wildman–Crippen MR) is 91.7 cm³/mol. The summed E-state index contributed by atoms with van der Waals surface area (Å²) in [5.41, 5.74) is 1.21.